The average Bonchev–Trinajstić information content (AvgIpc) is 2.62. The molecular formula is C12H24CaO17. The van der Waals surface area contributed by atoms with Crippen LogP contribution in [0.4, 0.5) is 0 Å². The molecule has 30 heavy (non-hydrogen) atoms. The minimum atomic E-state index is -2.30. The Balaban J connectivity index is -0.0000000847. The maximum Gasteiger partial charge on any atom is 2.00 e. The van der Waals surface area contributed by atoms with Crippen LogP contribution in [0.1, 0.15) is 0 Å². The molecule has 17 nitrogen and oxygen atoms in total. The van der Waals surface area contributed by atoms with Gasteiger partial charge in [0.1, 0.15) is 48.6 Å². The normalized spacial score (nSPS) is 15.2. The molecule has 0 heterocycles. The van der Waals surface area contributed by atoms with Gasteiger partial charge in [-0.1, -0.05) is 0 Å². The van der Waals surface area contributed by atoms with Crippen molar-refractivity contribution in [2.45, 2.75) is 36.6 Å². The summed E-state index contributed by atoms with van der Waals surface area (Å²) in [7, 11) is 0. The van der Waals surface area contributed by atoms with Crippen molar-refractivity contribution >= 4 is 61.2 Å². The molecule has 6 atom stereocenters. The molecule has 18 heteroatoms. The van der Waals surface area contributed by atoms with E-state index in [4.69, 9.17) is 40.9 Å². The Morgan fingerprint density at radius 3 is 0.933 bits per heavy atom. The maximum atomic E-state index is 10.4. The predicted molar refractivity (Wildman–Crippen MR) is 86.8 cm³/mol. The van der Waals surface area contributed by atoms with Crippen LogP contribution < -0.4 is 10.2 Å². The molecule has 0 bridgehead atoms. The Morgan fingerprint density at radius 2 is 0.800 bits per heavy atom. The van der Waals surface area contributed by atoms with Gasteiger partial charge in [-0.25, -0.2) is 0 Å². The first-order valence-electron chi connectivity index (χ1n) is 6.63. The number of aliphatic hydroxyl groups excluding tert-OH is 8. The summed E-state index contributed by atoms with van der Waals surface area (Å²) in [6, 6.07) is 0. The van der Waals surface area contributed by atoms with Crippen LogP contribution in [0.5, 0.6) is 0 Å². The van der Waals surface area contributed by atoms with Crippen LogP contribution >= 0.6 is 0 Å². The van der Waals surface area contributed by atoms with Gasteiger partial charge in [0.25, 0.3) is 0 Å². The summed E-state index contributed by atoms with van der Waals surface area (Å²) >= 11 is 0. The number of carbonyl (C=O) groups is 4. The molecule has 176 valence electrons. The molecule has 0 spiro atoms. The van der Waals surface area contributed by atoms with E-state index < -0.39 is 73.3 Å². The number of Topliss-reactive ketones (excluding diaryl/α,β-unsaturated/α-hetero) is 2. The van der Waals surface area contributed by atoms with Crippen LogP contribution in [0.25, 0.3) is 0 Å². The van der Waals surface area contributed by atoms with Gasteiger partial charge < -0.3 is 77.1 Å². The van der Waals surface area contributed by atoms with Crippen LogP contribution in [0, 0.1) is 0 Å². The number of aliphatic hydroxyl groups is 8. The van der Waals surface area contributed by atoms with Crippen molar-refractivity contribution in [3.8, 4) is 0 Å². The molecular weight excluding hydrogens is 456 g/mol. The number of carboxylic acids is 2. The maximum absolute atomic E-state index is 10.4. The SMILES string of the molecule is O.O.O.O=C([O-])C(=O)[C@@H](O)[C@H](O)[C@H](O)CO.O=C([O-])C(=O)[C@@H](O)[C@H](O)[C@H](O)CO.[Ca+2]. The molecule has 0 saturated carbocycles. The van der Waals surface area contributed by atoms with Crippen LogP contribution in [0.2, 0.25) is 0 Å². The summed E-state index contributed by atoms with van der Waals surface area (Å²) in [6.45, 7) is -1.81. The first-order valence-corrected chi connectivity index (χ1v) is 6.63. The number of ketones is 2. The van der Waals surface area contributed by atoms with E-state index >= 15 is 0 Å². The second kappa shape index (κ2) is 21.3. The van der Waals surface area contributed by atoms with E-state index in [0.717, 1.165) is 0 Å². The van der Waals surface area contributed by atoms with Crippen molar-refractivity contribution in [1.82, 2.24) is 0 Å². The van der Waals surface area contributed by atoms with Crippen molar-refractivity contribution in [3.63, 3.8) is 0 Å². The number of hydrogen-bond acceptors (Lipinski definition) is 14. The van der Waals surface area contributed by atoms with Crippen LogP contribution in [-0.4, -0.2) is 168 Å². The second-order valence-electron chi connectivity index (χ2n) is 4.67. The fourth-order valence-corrected chi connectivity index (χ4v) is 1.19. The van der Waals surface area contributed by atoms with E-state index in [2.05, 4.69) is 0 Å². The minimum Gasteiger partial charge on any atom is -0.542 e. The minimum absolute atomic E-state index is 0. The van der Waals surface area contributed by atoms with Gasteiger partial charge in [-0.3, -0.25) is 9.59 Å². The Bertz CT molecular complexity index is 455. The zero-order chi connectivity index (χ0) is 21.2. The summed E-state index contributed by atoms with van der Waals surface area (Å²) in [5.74, 6) is -7.84. The molecule has 0 saturated heterocycles. The molecule has 0 aliphatic heterocycles. The van der Waals surface area contributed by atoms with E-state index in [0.29, 0.717) is 0 Å². The summed E-state index contributed by atoms with van der Waals surface area (Å²) in [5.41, 5.74) is 0. The van der Waals surface area contributed by atoms with Gasteiger partial charge in [-0.05, 0) is 0 Å². The summed E-state index contributed by atoms with van der Waals surface area (Å²) < 4.78 is 0. The van der Waals surface area contributed by atoms with Crippen molar-refractivity contribution < 1.29 is 86.7 Å². The number of carbonyl (C=O) groups excluding carboxylic acids is 4. The third-order valence-corrected chi connectivity index (χ3v) is 2.75. The van der Waals surface area contributed by atoms with Gasteiger partial charge in [-0.15, -0.1) is 0 Å². The average molecular weight is 480 g/mol. The summed E-state index contributed by atoms with van der Waals surface area (Å²) in [6.07, 6.45) is -12.2. The zero-order valence-electron chi connectivity index (χ0n) is 15.1. The fourth-order valence-electron chi connectivity index (χ4n) is 1.19. The molecule has 0 aromatic heterocycles. The van der Waals surface area contributed by atoms with Crippen molar-refractivity contribution in [2.24, 2.45) is 0 Å². The van der Waals surface area contributed by atoms with E-state index in [1.807, 2.05) is 0 Å². The molecule has 0 radical (unpaired) electrons. The molecule has 14 N–H and O–H groups in total. The Labute approximate surface area is 197 Å². The van der Waals surface area contributed by atoms with Crippen molar-refractivity contribution in [1.29, 1.82) is 0 Å². The Hall–Kier alpha value is -0.900. The molecule has 0 unspecified atom stereocenters. The molecule has 0 fully saturated rings. The van der Waals surface area contributed by atoms with Gasteiger partial charge in [0, 0.05) is 0 Å². The number of aliphatic carboxylic acids is 2. The third-order valence-electron chi connectivity index (χ3n) is 2.75. The first kappa shape index (κ1) is 43.1. The molecule has 0 rings (SSSR count). The Kier molecular flexibility index (Phi) is 30.6. The monoisotopic (exact) mass is 480 g/mol. The summed E-state index contributed by atoms with van der Waals surface area (Å²) in [4.78, 5) is 40.6. The molecule has 0 aliphatic carbocycles. The molecule has 0 amide bonds. The van der Waals surface area contributed by atoms with Crippen LogP contribution in [-0.2, 0) is 19.2 Å². The number of rotatable bonds is 10. The second-order valence-corrected chi connectivity index (χ2v) is 4.67. The van der Waals surface area contributed by atoms with Gasteiger partial charge in [0.2, 0.25) is 11.6 Å². The predicted octanol–water partition coefficient (Wildman–Crippen LogP) is -12.1. The van der Waals surface area contributed by atoms with Gasteiger partial charge in [0.05, 0.1) is 13.2 Å². The van der Waals surface area contributed by atoms with Crippen molar-refractivity contribution in [2.75, 3.05) is 13.2 Å². The third kappa shape index (κ3) is 15.0. The smallest absolute Gasteiger partial charge is 0.542 e. The largest absolute Gasteiger partial charge is 2.00 e. The number of carboxylic acid groups (broad SMARTS) is 2. The number of hydrogen-bond donors (Lipinski definition) is 8. The fraction of sp³-hybridized carbons (Fsp3) is 0.667. The molecule has 0 aromatic rings. The Morgan fingerprint density at radius 1 is 0.600 bits per heavy atom. The van der Waals surface area contributed by atoms with Gasteiger partial charge in [0.15, 0.2) is 0 Å². The van der Waals surface area contributed by atoms with E-state index in [-0.39, 0.29) is 54.2 Å². The summed E-state index contributed by atoms with van der Waals surface area (Å²) in [5, 5.41) is 88.9. The zero-order valence-corrected chi connectivity index (χ0v) is 17.3. The molecule has 0 aromatic carbocycles. The van der Waals surface area contributed by atoms with E-state index in [9.17, 15) is 29.4 Å². The standard InChI is InChI=1S/2C6H10O7.Ca.3H2O/c2*7-1-2(8)3(9)4(10)5(11)6(12)13;;;;/h2*2-4,7-10H,1H2,(H,12,13);;3*1H2/q;;+2;;;/p-2/t2*2-,3-,4+;;;;/m11..../s1. The van der Waals surface area contributed by atoms with E-state index in [1.165, 1.54) is 0 Å². The molecule has 0 aliphatic rings. The van der Waals surface area contributed by atoms with Gasteiger partial charge >= 0.3 is 37.7 Å². The first-order chi connectivity index (χ1) is 11.8. The van der Waals surface area contributed by atoms with Gasteiger partial charge in [-0.2, -0.15) is 0 Å². The van der Waals surface area contributed by atoms with Crippen LogP contribution in [0.3, 0.4) is 0 Å². The topological polar surface area (TPSA) is 371 Å². The van der Waals surface area contributed by atoms with E-state index in [1.54, 1.807) is 0 Å². The quantitative estimate of drug-likeness (QED) is 0.106. The van der Waals surface area contributed by atoms with Crippen molar-refractivity contribution in [3.05, 3.63) is 0 Å². The van der Waals surface area contributed by atoms with Crippen LogP contribution in [0.15, 0.2) is 0 Å².